The molecule has 1 N–H and O–H groups in total. The van der Waals surface area contributed by atoms with E-state index in [2.05, 4.69) is 20.3 Å². The number of hydrogen-bond donors (Lipinski definition) is 1. The molecular formula is C29H27ClN5O8S+. The smallest absolute Gasteiger partial charge is 0.355 e. The molecule has 0 radical (unpaired) electrons. The van der Waals surface area contributed by atoms with Gasteiger partial charge in [-0.2, -0.15) is 0 Å². The number of halogens is 1. The summed E-state index contributed by atoms with van der Waals surface area (Å²) in [5, 5.41) is 5.37. The number of pyridine rings is 1. The van der Waals surface area contributed by atoms with E-state index in [0.29, 0.717) is 29.4 Å². The number of nitrogens with one attached hydrogen (secondary N) is 1. The largest absolute Gasteiger partial charge is 0.497 e. The van der Waals surface area contributed by atoms with Crippen LogP contribution in [0.3, 0.4) is 0 Å². The van der Waals surface area contributed by atoms with E-state index in [1.54, 1.807) is 37.6 Å². The van der Waals surface area contributed by atoms with Gasteiger partial charge in [-0.05, 0) is 17.7 Å². The quantitative estimate of drug-likeness (QED) is 0.0590. The van der Waals surface area contributed by atoms with Gasteiger partial charge in [0.1, 0.15) is 36.6 Å². The van der Waals surface area contributed by atoms with Crippen LogP contribution >= 0.6 is 23.4 Å². The van der Waals surface area contributed by atoms with E-state index >= 15 is 0 Å². The molecule has 1 fully saturated rings. The fourth-order valence-electron chi connectivity index (χ4n) is 4.62. The number of ether oxygens (including phenoxy) is 2. The summed E-state index contributed by atoms with van der Waals surface area (Å²) in [5.41, 5.74) is 1.75. The molecule has 2 aliphatic heterocycles. The van der Waals surface area contributed by atoms with Gasteiger partial charge in [-0.1, -0.05) is 17.3 Å². The lowest BCUT2D eigenvalue weighted by atomic mass is 10.0. The number of Topliss-reactive ketones (excluding diaryl/α,β-unsaturated/α-hetero) is 1. The van der Waals surface area contributed by atoms with Crippen LogP contribution in [0.25, 0.3) is 11.3 Å². The third-order valence-electron chi connectivity index (χ3n) is 6.82. The highest BCUT2D eigenvalue weighted by molar-refractivity contribution is 8.00. The van der Waals surface area contributed by atoms with Crippen LogP contribution in [0.15, 0.2) is 82.2 Å². The number of alkyl halides is 1. The number of amides is 2. The van der Waals surface area contributed by atoms with Crippen LogP contribution in [-0.4, -0.2) is 76.4 Å². The number of aromatic nitrogens is 2. The Kier molecular flexibility index (Phi) is 9.60. The number of oxime groups is 1. The van der Waals surface area contributed by atoms with Crippen LogP contribution in [0.5, 0.6) is 5.75 Å². The van der Waals surface area contributed by atoms with Gasteiger partial charge in [-0.3, -0.25) is 19.3 Å². The molecule has 0 bridgehead atoms. The van der Waals surface area contributed by atoms with Crippen molar-refractivity contribution in [1.82, 2.24) is 15.2 Å². The number of oxazole rings is 1. The van der Waals surface area contributed by atoms with E-state index in [-0.39, 0.29) is 12.3 Å². The summed E-state index contributed by atoms with van der Waals surface area (Å²) in [6, 6.07) is 9.73. The molecule has 2 aromatic heterocycles. The molecule has 2 atom stereocenters. The van der Waals surface area contributed by atoms with Crippen LogP contribution in [0.4, 0.5) is 0 Å². The molecule has 0 spiro atoms. The van der Waals surface area contributed by atoms with Gasteiger partial charge in [0.2, 0.25) is 11.5 Å². The number of nitrogens with zero attached hydrogens (tertiary/aromatic N) is 4. The lowest BCUT2D eigenvalue weighted by Gasteiger charge is -2.49. The molecule has 13 nitrogen and oxygen atoms in total. The predicted octanol–water partition coefficient (Wildman–Crippen LogP) is 1.85. The molecule has 1 aromatic carbocycles. The van der Waals surface area contributed by atoms with Gasteiger partial charge in [-0.25, -0.2) is 14.3 Å². The number of carbonyl (C=O) groups is 4. The fraction of sp³-hybridized carbons (Fsp3) is 0.276. The first-order chi connectivity index (χ1) is 21.3. The van der Waals surface area contributed by atoms with Crippen molar-refractivity contribution in [3.8, 4) is 17.1 Å². The zero-order valence-corrected chi connectivity index (χ0v) is 25.2. The Hall–Kier alpha value is -4.69. The lowest BCUT2D eigenvalue weighted by molar-refractivity contribution is -0.689. The van der Waals surface area contributed by atoms with E-state index in [1.165, 1.54) is 30.2 Å². The van der Waals surface area contributed by atoms with Crippen molar-refractivity contribution < 1.29 is 42.5 Å². The second-order valence-corrected chi connectivity index (χ2v) is 10.9. The fourth-order valence-corrected chi connectivity index (χ4v) is 6.08. The van der Waals surface area contributed by atoms with Gasteiger partial charge in [0.05, 0.1) is 19.2 Å². The monoisotopic (exact) mass is 640 g/mol. The second kappa shape index (κ2) is 13.7. The minimum atomic E-state index is -1.02. The number of hydrogen-bond acceptors (Lipinski definition) is 11. The Morgan fingerprint density at radius 2 is 1.93 bits per heavy atom. The highest BCUT2D eigenvalue weighted by Gasteiger charge is 2.55. The highest BCUT2D eigenvalue weighted by Crippen LogP contribution is 2.41. The predicted molar refractivity (Wildman–Crippen MR) is 157 cm³/mol. The molecule has 228 valence electrons. The second-order valence-electron chi connectivity index (χ2n) is 9.54. The van der Waals surface area contributed by atoms with Crippen LogP contribution in [0.1, 0.15) is 5.56 Å². The number of fused-ring (bicyclic) bond motifs is 1. The minimum absolute atomic E-state index is 0.0317. The van der Waals surface area contributed by atoms with Crippen molar-refractivity contribution in [3.05, 3.63) is 78.2 Å². The summed E-state index contributed by atoms with van der Waals surface area (Å²) >= 11 is 6.96. The molecular weight excluding hydrogens is 614 g/mol. The van der Waals surface area contributed by atoms with Gasteiger partial charge in [0.25, 0.3) is 11.8 Å². The number of methoxy groups -OCH3 is 1. The summed E-state index contributed by atoms with van der Waals surface area (Å²) < 4.78 is 18.0. The molecule has 0 unspecified atom stereocenters. The SMILES string of the molecule is CON=C(C(=O)CCl)C(=O)N[C@@H]1C(=O)N2C(C(=O)OCc3ccc(OC)cc3)=C(C[n+]3ccc(-c4cnco4)cc3)CS[C@H]12. The maximum atomic E-state index is 13.6. The van der Waals surface area contributed by atoms with E-state index in [9.17, 15) is 19.2 Å². The number of esters is 1. The Labute approximate surface area is 260 Å². The molecule has 2 amide bonds. The zero-order valence-electron chi connectivity index (χ0n) is 23.6. The van der Waals surface area contributed by atoms with Gasteiger partial charge in [0, 0.05) is 29.0 Å². The summed E-state index contributed by atoms with van der Waals surface area (Å²) in [6.07, 6.45) is 6.61. The van der Waals surface area contributed by atoms with Crippen molar-refractivity contribution in [2.75, 3.05) is 25.9 Å². The molecule has 1 saturated heterocycles. The molecule has 2 aliphatic rings. The highest BCUT2D eigenvalue weighted by atomic mass is 35.5. The molecule has 4 heterocycles. The summed E-state index contributed by atoms with van der Waals surface area (Å²) in [6.45, 7) is 0.259. The number of ketones is 1. The summed E-state index contributed by atoms with van der Waals surface area (Å²) in [5.74, 6) is -1.74. The van der Waals surface area contributed by atoms with E-state index < -0.39 is 46.6 Å². The number of thioether (sulfide) groups is 1. The normalized spacial score (nSPS) is 17.8. The summed E-state index contributed by atoms with van der Waals surface area (Å²) in [7, 11) is 2.74. The van der Waals surface area contributed by atoms with Crippen molar-refractivity contribution in [2.24, 2.45) is 5.16 Å². The first-order valence-electron chi connectivity index (χ1n) is 13.2. The standard InChI is InChI=1S/C29H26ClN5O8S/c1-40-20-5-3-17(4-6-20)14-42-29(39)25-19(13-34-9-7-18(8-10-34)22-12-31-16-43-22)15-44-28-24(27(38)35(25)28)32-26(37)23(33-41-2)21(36)11-30/h3-10,12,16,24,28H,11,13-15H2,1-2H3/p+1/t24-,28-/m1/s1. The topological polar surface area (TPSA) is 154 Å². The average Bonchev–Trinajstić information content (AvgIpc) is 3.60. The Morgan fingerprint density at radius 3 is 2.57 bits per heavy atom. The number of β-lactam (4-membered cyclic amide) rings is 1. The molecule has 3 aromatic rings. The van der Waals surface area contributed by atoms with Crippen LogP contribution < -0.4 is 14.6 Å². The molecule has 0 aliphatic carbocycles. The van der Waals surface area contributed by atoms with Crippen molar-refractivity contribution >= 4 is 52.6 Å². The molecule has 5 rings (SSSR count). The maximum absolute atomic E-state index is 13.6. The summed E-state index contributed by atoms with van der Waals surface area (Å²) in [4.78, 5) is 61.7. The van der Waals surface area contributed by atoms with Crippen molar-refractivity contribution in [1.29, 1.82) is 0 Å². The minimum Gasteiger partial charge on any atom is -0.497 e. The van der Waals surface area contributed by atoms with Crippen LogP contribution in [-0.2, 0) is 41.9 Å². The molecule has 15 heteroatoms. The Balaban J connectivity index is 1.38. The van der Waals surface area contributed by atoms with E-state index in [4.69, 9.17) is 25.5 Å². The van der Waals surface area contributed by atoms with Crippen molar-refractivity contribution in [3.63, 3.8) is 0 Å². The van der Waals surface area contributed by atoms with Gasteiger partial charge < -0.3 is 24.0 Å². The van der Waals surface area contributed by atoms with E-state index in [0.717, 1.165) is 11.1 Å². The first-order valence-corrected chi connectivity index (χ1v) is 14.8. The van der Waals surface area contributed by atoms with Gasteiger partial charge in [-0.15, -0.1) is 23.4 Å². The van der Waals surface area contributed by atoms with E-state index in [1.807, 2.05) is 29.1 Å². The number of benzene rings is 1. The van der Waals surface area contributed by atoms with Crippen molar-refractivity contribution in [2.45, 2.75) is 24.6 Å². The number of carbonyl (C=O) groups excluding carboxylic acids is 4. The number of rotatable bonds is 12. The average molecular weight is 641 g/mol. The van der Waals surface area contributed by atoms with Gasteiger partial charge in [0.15, 0.2) is 31.1 Å². The third kappa shape index (κ3) is 6.45. The lowest BCUT2D eigenvalue weighted by Crippen LogP contribution is -2.71. The maximum Gasteiger partial charge on any atom is 0.355 e. The molecule has 0 saturated carbocycles. The van der Waals surface area contributed by atoms with Gasteiger partial charge >= 0.3 is 5.97 Å². The van der Waals surface area contributed by atoms with Crippen LogP contribution in [0.2, 0.25) is 0 Å². The molecule has 44 heavy (non-hydrogen) atoms. The Bertz CT molecular complexity index is 1610. The Morgan fingerprint density at radius 1 is 1.18 bits per heavy atom. The zero-order chi connectivity index (χ0) is 31.2. The third-order valence-corrected chi connectivity index (χ3v) is 8.40. The van der Waals surface area contributed by atoms with Crippen LogP contribution in [0, 0.1) is 0 Å². The first kappa shape index (κ1) is 30.8.